The minimum absolute atomic E-state index is 0.103. The number of fused-ring (bicyclic) bond motifs is 1. The van der Waals surface area contributed by atoms with Gasteiger partial charge in [0.25, 0.3) is 5.56 Å². The summed E-state index contributed by atoms with van der Waals surface area (Å²) in [5.74, 6) is -1.68. The molecule has 4 rings (SSSR count). The molecule has 0 aliphatic carbocycles. The van der Waals surface area contributed by atoms with Crippen molar-refractivity contribution in [2.45, 2.75) is 51.2 Å². The van der Waals surface area contributed by atoms with Gasteiger partial charge in [0, 0.05) is 11.8 Å². The lowest BCUT2D eigenvalue weighted by Crippen LogP contribution is -2.43. The number of benzene rings is 2. The Hall–Kier alpha value is -3.35. The number of carbonyl (C=O) groups is 1. The third kappa shape index (κ3) is 6.29. The molecule has 1 aliphatic rings. The molecule has 0 radical (unpaired) electrons. The van der Waals surface area contributed by atoms with Gasteiger partial charge in [-0.15, -0.1) is 0 Å². The number of aromatic nitrogens is 2. The molecule has 3 N–H and O–H groups in total. The molecule has 1 fully saturated rings. The summed E-state index contributed by atoms with van der Waals surface area (Å²) in [6, 6.07) is 11.3. The second-order valence-corrected chi connectivity index (χ2v) is 10.9. The van der Waals surface area contributed by atoms with E-state index >= 15 is 0 Å². The van der Waals surface area contributed by atoms with Crippen LogP contribution >= 0.6 is 7.75 Å². The minimum Gasteiger partial charge on any atom is -0.465 e. The molecular weight excluding hydrogens is 536 g/mol. The van der Waals surface area contributed by atoms with Gasteiger partial charge in [0.1, 0.15) is 23.6 Å². The number of halogens is 1. The Kier molecular flexibility index (Phi) is 8.38. The fraction of sp³-hybridized carbons (Fsp3) is 0.400. The van der Waals surface area contributed by atoms with Crippen molar-refractivity contribution in [2.24, 2.45) is 0 Å². The first-order chi connectivity index (χ1) is 18.4. The van der Waals surface area contributed by atoms with Gasteiger partial charge in [0.05, 0.1) is 25.5 Å². The van der Waals surface area contributed by atoms with Crippen molar-refractivity contribution in [3.63, 3.8) is 0 Å². The first-order valence-corrected chi connectivity index (χ1v) is 13.7. The molecule has 2 heterocycles. The molecular formula is C25H29FN3O9P. The summed E-state index contributed by atoms with van der Waals surface area (Å²) in [5, 5.41) is 14.7. The molecule has 1 saturated heterocycles. The van der Waals surface area contributed by atoms with Crippen LogP contribution in [-0.4, -0.2) is 52.1 Å². The number of nitrogens with one attached hydrogen (secondary N) is 2. The van der Waals surface area contributed by atoms with Gasteiger partial charge in [-0.3, -0.25) is 23.7 Å². The molecule has 2 aromatic carbocycles. The third-order valence-corrected chi connectivity index (χ3v) is 7.83. The van der Waals surface area contributed by atoms with Crippen LogP contribution in [0.2, 0.25) is 0 Å². The molecule has 39 heavy (non-hydrogen) atoms. The predicted octanol–water partition coefficient (Wildman–Crippen LogP) is 2.40. The highest BCUT2D eigenvalue weighted by Gasteiger charge is 2.46. The van der Waals surface area contributed by atoms with Gasteiger partial charge in [-0.25, -0.2) is 9.36 Å². The number of aliphatic hydroxyl groups excluding tert-OH is 1. The van der Waals surface area contributed by atoms with Crippen molar-refractivity contribution in [1.82, 2.24) is 14.6 Å². The first kappa shape index (κ1) is 28.7. The van der Waals surface area contributed by atoms with Crippen LogP contribution in [0.5, 0.6) is 5.75 Å². The van der Waals surface area contributed by atoms with Crippen LogP contribution in [0.1, 0.15) is 27.2 Å². The summed E-state index contributed by atoms with van der Waals surface area (Å²) in [5.41, 5.74) is -3.68. The van der Waals surface area contributed by atoms with Gasteiger partial charge in [-0.1, -0.05) is 36.4 Å². The lowest BCUT2D eigenvalue weighted by Gasteiger charge is -2.27. The Bertz CT molecular complexity index is 1520. The molecule has 0 amide bonds. The molecule has 0 spiro atoms. The van der Waals surface area contributed by atoms with Crippen LogP contribution in [0.25, 0.3) is 10.8 Å². The fourth-order valence-electron chi connectivity index (χ4n) is 4.29. The number of H-pyrrole nitrogens is 1. The Morgan fingerprint density at radius 1 is 1.31 bits per heavy atom. The first-order valence-electron chi connectivity index (χ1n) is 12.2. The molecule has 3 aromatic rings. The zero-order chi connectivity index (χ0) is 28.4. The fourth-order valence-corrected chi connectivity index (χ4v) is 5.82. The van der Waals surface area contributed by atoms with Crippen molar-refractivity contribution in [3.8, 4) is 5.75 Å². The van der Waals surface area contributed by atoms with Crippen LogP contribution in [-0.2, 0) is 29.1 Å². The topological polar surface area (TPSA) is 158 Å². The van der Waals surface area contributed by atoms with E-state index in [0.29, 0.717) is 11.6 Å². The quantitative estimate of drug-likeness (QED) is 0.246. The van der Waals surface area contributed by atoms with E-state index in [1.165, 1.54) is 13.8 Å². The lowest BCUT2D eigenvalue weighted by atomic mass is 10.1. The van der Waals surface area contributed by atoms with Crippen LogP contribution in [0, 0.1) is 5.82 Å². The number of hydrogen-bond donors (Lipinski definition) is 3. The Morgan fingerprint density at radius 3 is 2.77 bits per heavy atom. The van der Waals surface area contributed by atoms with Crippen LogP contribution < -0.4 is 20.9 Å². The smallest absolute Gasteiger partial charge is 0.459 e. The second-order valence-electron chi connectivity index (χ2n) is 9.17. The standard InChI is InChI=1S/C25H29FN3O9P/c1-4-35-23(32)15(2)28-39(34,38-20-11-7-9-16-8-5-6-10-17(16)20)36-14-21-19(30)12-25(3,37-21)29-13-18(26)22(31)27-24(29)33/h5-11,13,15,19,21,30H,4,12,14H2,1-3H3,(H,28,34)(H,27,31,33)/t15-,19?,21+,25+,39?/m0/s1. The van der Waals surface area contributed by atoms with Crippen LogP contribution in [0.4, 0.5) is 4.39 Å². The van der Waals surface area contributed by atoms with E-state index in [0.717, 1.165) is 9.95 Å². The number of aliphatic hydroxyl groups is 1. The van der Waals surface area contributed by atoms with E-state index < -0.39 is 61.4 Å². The van der Waals surface area contributed by atoms with E-state index in [9.17, 15) is 28.4 Å². The van der Waals surface area contributed by atoms with E-state index in [4.69, 9.17) is 18.5 Å². The molecule has 5 atom stereocenters. The maximum Gasteiger partial charge on any atom is 0.459 e. The molecule has 1 aliphatic heterocycles. The normalized spacial score (nSPS) is 23.3. The summed E-state index contributed by atoms with van der Waals surface area (Å²) >= 11 is 0. The maximum atomic E-state index is 13.9. The van der Waals surface area contributed by atoms with Crippen molar-refractivity contribution in [2.75, 3.05) is 13.2 Å². The maximum absolute atomic E-state index is 13.9. The number of carbonyl (C=O) groups excluding carboxylic acids is 1. The zero-order valence-corrected chi connectivity index (χ0v) is 22.4. The van der Waals surface area contributed by atoms with Crippen LogP contribution in [0.3, 0.4) is 0 Å². The molecule has 2 unspecified atom stereocenters. The highest BCUT2D eigenvalue weighted by atomic mass is 31.2. The van der Waals surface area contributed by atoms with Gasteiger partial charge in [0.2, 0.25) is 5.82 Å². The average Bonchev–Trinajstić information content (AvgIpc) is 3.19. The summed E-state index contributed by atoms with van der Waals surface area (Å²) in [4.78, 5) is 37.8. The third-order valence-electron chi connectivity index (χ3n) is 6.20. The number of nitrogens with zero attached hydrogens (tertiary/aromatic N) is 1. The van der Waals surface area contributed by atoms with Crippen molar-refractivity contribution in [1.29, 1.82) is 0 Å². The van der Waals surface area contributed by atoms with E-state index in [1.54, 1.807) is 31.2 Å². The lowest BCUT2D eigenvalue weighted by molar-refractivity contribution is -0.144. The van der Waals surface area contributed by atoms with Crippen molar-refractivity contribution >= 4 is 24.5 Å². The summed E-state index contributed by atoms with van der Waals surface area (Å²) in [7, 11) is -4.31. The summed E-state index contributed by atoms with van der Waals surface area (Å²) < 4.78 is 50.9. The number of aromatic amines is 1. The monoisotopic (exact) mass is 565 g/mol. The molecule has 1 aromatic heterocycles. The highest BCUT2D eigenvalue weighted by molar-refractivity contribution is 7.52. The Labute approximate surface area is 222 Å². The molecule has 14 heteroatoms. The zero-order valence-electron chi connectivity index (χ0n) is 21.5. The largest absolute Gasteiger partial charge is 0.465 e. The minimum atomic E-state index is -4.31. The number of ether oxygens (including phenoxy) is 2. The van der Waals surface area contributed by atoms with Gasteiger partial charge in [-0.2, -0.15) is 9.48 Å². The van der Waals surface area contributed by atoms with Crippen molar-refractivity contribution in [3.05, 3.63) is 75.3 Å². The summed E-state index contributed by atoms with van der Waals surface area (Å²) in [6.45, 7) is 4.08. The van der Waals surface area contributed by atoms with E-state index in [1.807, 2.05) is 23.2 Å². The van der Waals surface area contributed by atoms with Crippen LogP contribution in [0.15, 0.2) is 58.3 Å². The molecule has 210 valence electrons. The molecule has 0 bridgehead atoms. The SMILES string of the molecule is CCOC(=O)[C@H](C)NP(=O)(OC[C@H]1O[C@@](C)(n2cc(F)c(=O)[nH]c2=O)CC1O)Oc1cccc2ccccc12. The number of rotatable bonds is 10. The van der Waals surface area contributed by atoms with Gasteiger partial charge < -0.3 is 19.1 Å². The average molecular weight is 565 g/mol. The second kappa shape index (κ2) is 11.4. The van der Waals surface area contributed by atoms with E-state index in [2.05, 4.69) is 5.09 Å². The molecule has 0 saturated carbocycles. The Morgan fingerprint density at radius 2 is 2.03 bits per heavy atom. The number of esters is 1. The van der Waals surface area contributed by atoms with Gasteiger partial charge in [-0.05, 0) is 32.2 Å². The summed E-state index contributed by atoms with van der Waals surface area (Å²) in [6.07, 6.45) is -1.85. The molecule has 12 nitrogen and oxygen atoms in total. The highest BCUT2D eigenvalue weighted by Crippen LogP contribution is 2.48. The van der Waals surface area contributed by atoms with Gasteiger partial charge in [0.15, 0.2) is 0 Å². The van der Waals surface area contributed by atoms with E-state index in [-0.39, 0.29) is 18.8 Å². The van der Waals surface area contributed by atoms with Crippen molar-refractivity contribution < 1.29 is 37.4 Å². The number of hydrogen-bond acceptors (Lipinski definition) is 9. The Balaban J connectivity index is 1.58. The predicted molar refractivity (Wildman–Crippen MR) is 138 cm³/mol. The van der Waals surface area contributed by atoms with Gasteiger partial charge >= 0.3 is 19.4 Å².